The van der Waals surface area contributed by atoms with Crippen molar-refractivity contribution in [2.45, 2.75) is 20.3 Å². The second-order valence-corrected chi connectivity index (χ2v) is 4.36. The Bertz CT molecular complexity index is 470. The fourth-order valence-electron chi connectivity index (χ4n) is 1.39. The van der Waals surface area contributed by atoms with Gasteiger partial charge in [0.25, 0.3) is 0 Å². The van der Waals surface area contributed by atoms with Crippen molar-refractivity contribution in [1.82, 2.24) is 9.55 Å². The number of hydrogen-bond acceptors (Lipinski definition) is 5. The minimum absolute atomic E-state index is 0.0964. The molecule has 0 saturated carbocycles. The van der Waals surface area contributed by atoms with Crippen LogP contribution in [0.5, 0.6) is 0 Å². The van der Waals surface area contributed by atoms with Gasteiger partial charge in [-0.1, -0.05) is 6.92 Å². The third kappa shape index (κ3) is 2.58. The standard InChI is InChI=1S/C10H16N4O4/c1-4-10(2,9(15)16)5-11-7-8(14(17)18)12-6-13(7)3/h6,11H,4-5H2,1-3H3,(H,15,16). The average Bonchev–Trinajstić information content (AvgIpc) is 2.67. The van der Waals surface area contributed by atoms with Gasteiger partial charge in [0.2, 0.25) is 12.1 Å². The second kappa shape index (κ2) is 5.03. The van der Waals surface area contributed by atoms with Crippen LogP contribution in [0.3, 0.4) is 0 Å². The molecule has 1 aromatic rings. The summed E-state index contributed by atoms with van der Waals surface area (Å²) in [6.07, 6.45) is 1.73. The largest absolute Gasteiger partial charge is 0.481 e. The van der Waals surface area contributed by atoms with Crippen LogP contribution in [0.2, 0.25) is 0 Å². The Kier molecular flexibility index (Phi) is 3.89. The highest BCUT2D eigenvalue weighted by Crippen LogP contribution is 2.26. The molecule has 0 aliphatic carbocycles. The van der Waals surface area contributed by atoms with Crippen LogP contribution in [0.1, 0.15) is 20.3 Å². The number of aliphatic carboxylic acids is 1. The summed E-state index contributed by atoms with van der Waals surface area (Å²) >= 11 is 0. The molecular weight excluding hydrogens is 240 g/mol. The minimum atomic E-state index is -0.974. The number of hydrogen-bond donors (Lipinski definition) is 2. The lowest BCUT2D eigenvalue weighted by Gasteiger charge is -2.23. The second-order valence-electron chi connectivity index (χ2n) is 4.36. The van der Waals surface area contributed by atoms with Gasteiger partial charge in [-0.25, -0.2) is 0 Å². The van der Waals surface area contributed by atoms with E-state index in [1.54, 1.807) is 20.9 Å². The van der Waals surface area contributed by atoms with Crippen molar-refractivity contribution in [2.75, 3.05) is 11.9 Å². The Morgan fingerprint density at radius 3 is 2.78 bits per heavy atom. The van der Waals surface area contributed by atoms with Crippen LogP contribution in [0.15, 0.2) is 6.33 Å². The summed E-state index contributed by atoms with van der Waals surface area (Å²) in [4.78, 5) is 24.9. The highest BCUT2D eigenvalue weighted by molar-refractivity contribution is 5.75. The first-order chi connectivity index (χ1) is 8.31. The maximum absolute atomic E-state index is 11.1. The van der Waals surface area contributed by atoms with Crippen LogP contribution in [0.25, 0.3) is 0 Å². The average molecular weight is 256 g/mol. The van der Waals surface area contributed by atoms with Gasteiger partial charge in [0.1, 0.15) is 0 Å². The number of carbonyl (C=O) groups is 1. The topological polar surface area (TPSA) is 110 Å². The first-order valence-electron chi connectivity index (χ1n) is 5.45. The van der Waals surface area contributed by atoms with Crippen LogP contribution in [0, 0.1) is 15.5 Å². The number of nitrogens with one attached hydrogen (secondary N) is 1. The molecule has 1 atom stereocenters. The van der Waals surface area contributed by atoms with E-state index in [-0.39, 0.29) is 18.2 Å². The van der Waals surface area contributed by atoms with Gasteiger partial charge in [0.15, 0.2) is 0 Å². The normalized spacial score (nSPS) is 13.9. The SMILES string of the molecule is CCC(C)(CNc1c([N+](=O)[O-])ncn1C)C(=O)O. The number of rotatable bonds is 6. The number of nitrogens with zero attached hydrogens (tertiary/aromatic N) is 3. The van der Waals surface area contributed by atoms with Crippen LogP contribution in [-0.4, -0.2) is 32.1 Å². The number of imidazole rings is 1. The summed E-state index contributed by atoms with van der Waals surface area (Å²) in [7, 11) is 1.60. The summed E-state index contributed by atoms with van der Waals surface area (Å²) in [6, 6.07) is 0. The highest BCUT2D eigenvalue weighted by atomic mass is 16.6. The van der Waals surface area contributed by atoms with Crippen molar-refractivity contribution in [3.05, 3.63) is 16.4 Å². The molecule has 18 heavy (non-hydrogen) atoms. The van der Waals surface area contributed by atoms with E-state index in [1.165, 1.54) is 10.9 Å². The van der Waals surface area contributed by atoms with Crippen molar-refractivity contribution in [2.24, 2.45) is 12.5 Å². The Labute approximate surface area is 104 Å². The fraction of sp³-hybridized carbons (Fsp3) is 0.600. The van der Waals surface area contributed by atoms with Gasteiger partial charge in [-0.15, -0.1) is 0 Å². The van der Waals surface area contributed by atoms with Crippen molar-refractivity contribution >= 4 is 17.6 Å². The molecular formula is C10H16N4O4. The summed E-state index contributed by atoms with van der Waals surface area (Å²) < 4.78 is 1.45. The predicted octanol–water partition coefficient (Wildman–Crippen LogP) is 1.24. The van der Waals surface area contributed by atoms with Gasteiger partial charge < -0.3 is 20.5 Å². The number of carboxylic acid groups (broad SMARTS) is 1. The molecule has 1 unspecified atom stereocenters. The van der Waals surface area contributed by atoms with Crippen molar-refractivity contribution in [3.63, 3.8) is 0 Å². The molecule has 0 saturated heterocycles. The van der Waals surface area contributed by atoms with Gasteiger partial charge >= 0.3 is 11.8 Å². The number of aryl methyl sites for hydroxylation is 1. The van der Waals surface area contributed by atoms with Crippen LogP contribution in [0.4, 0.5) is 11.6 Å². The predicted molar refractivity (Wildman–Crippen MR) is 64.4 cm³/mol. The van der Waals surface area contributed by atoms with Gasteiger partial charge in [0.05, 0.1) is 5.41 Å². The molecule has 0 fully saturated rings. The summed E-state index contributed by atoms with van der Waals surface area (Å²) in [5, 5.41) is 22.6. The van der Waals surface area contributed by atoms with Crippen molar-refractivity contribution < 1.29 is 14.8 Å². The Morgan fingerprint density at radius 2 is 2.33 bits per heavy atom. The molecule has 8 heteroatoms. The highest BCUT2D eigenvalue weighted by Gasteiger charge is 2.32. The summed E-state index contributed by atoms with van der Waals surface area (Å²) in [6.45, 7) is 3.44. The summed E-state index contributed by atoms with van der Waals surface area (Å²) in [5.74, 6) is -1.04. The molecule has 1 rings (SSSR count). The lowest BCUT2D eigenvalue weighted by molar-refractivity contribution is -0.388. The molecule has 2 N–H and O–H groups in total. The lowest BCUT2D eigenvalue weighted by atomic mass is 9.88. The Balaban J connectivity index is 2.89. The third-order valence-corrected chi connectivity index (χ3v) is 3.03. The van der Waals surface area contributed by atoms with Crippen molar-refractivity contribution in [3.8, 4) is 0 Å². The van der Waals surface area contributed by atoms with Gasteiger partial charge in [-0.2, -0.15) is 0 Å². The Morgan fingerprint density at radius 1 is 1.72 bits per heavy atom. The van der Waals surface area contributed by atoms with Crippen LogP contribution < -0.4 is 5.32 Å². The maximum atomic E-state index is 11.1. The molecule has 0 bridgehead atoms. The van der Waals surface area contributed by atoms with Crippen LogP contribution in [-0.2, 0) is 11.8 Å². The van der Waals surface area contributed by atoms with E-state index in [9.17, 15) is 14.9 Å². The van der Waals surface area contributed by atoms with E-state index in [0.717, 1.165) is 0 Å². The minimum Gasteiger partial charge on any atom is -0.481 e. The zero-order valence-corrected chi connectivity index (χ0v) is 10.5. The molecule has 0 aliphatic rings. The molecule has 1 heterocycles. The molecule has 8 nitrogen and oxygen atoms in total. The monoisotopic (exact) mass is 256 g/mol. The summed E-state index contributed by atoms with van der Waals surface area (Å²) in [5.41, 5.74) is -0.974. The van der Waals surface area contributed by atoms with E-state index < -0.39 is 16.3 Å². The first kappa shape index (κ1) is 13.9. The Hall–Kier alpha value is -2.12. The van der Waals surface area contributed by atoms with E-state index >= 15 is 0 Å². The van der Waals surface area contributed by atoms with E-state index in [4.69, 9.17) is 5.11 Å². The maximum Gasteiger partial charge on any atom is 0.406 e. The quantitative estimate of drug-likeness (QED) is 0.585. The zero-order chi connectivity index (χ0) is 13.9. The van der Waals surface area contributed by atoms with Crippen LogP contribution >= 0.6 is 0 Å². The number of nitro groups is 1. The van der Waals surface area contributed by atoms with Crippen molar-refractivity contribution in [1.29, 1.82) is 0 Å². The molecule has 0 aromatic carbocycles. The van der Waals surface area contributed by atoms with Gasteiger partial charge in [0, 0.05) is 13.6 Å². The molecule has 0 spiro atoms. The van der Waals surface area contributed by atoms with Gasteiger partial charge in [-0.05, 0) is 23.3 Å². The number of carboxylic acids is 1. The number of anilines is 1. The smallest absolute Gasteiger partial charge is 0.406 e. The first-order valence-corrected chi connectivity index (χ1v) is 5.45. The molecule has 0 amide bonds. The third-order valence-electron chi connectivity index (χ3n) is 3.03. The number of aromatic nitrogens is 2. The fourth-order valence-corrected chi connectivity index (χ4v) is 1.39. The molecule has 0 radical (unpaired) electrons. The lowest BCUT2D eigenvalue weighted by Crippen LogP contribution is -2.34. The van der Waals surface area contributed by atoms with Gasteiger partial charge in [-0.3, -0.25) is 9.36 Å². The molecule has 100 valence electrons. The zero-order valence-electron chi connectivity index (χ0n) is 10.5. The molecule has 0 aliphatic heterocycles. The molecule has 1 aromatic heterocycles. The van der Waals surface area contributed by atoms with E-state index in [0.29, 0.717) is 6.42 Å². The van der Waals surface area contributed by atoms with E-state index in [1.807, 2.05) is 0 Å². The van der Waals surface area contributed by atoms with E-state index in [2.05, 4.69) is 10.3 Å².